The fraction of sp³-hybridized carbons (Fsp3) is 0.562. The smallest absolute Gasteiger partial charge is 0.317 e. The fourth-order valence-corrected chi connectivity index (χ4v) is 2.51. The van der Waals surface area contributed by atoms with Crippen LogP contribution in [0.15, 0.2) is 24.3 Å². The van der Waals surface area contributed by atoms with Gasteiger partial charge in [-0.25, -0.2) is 0 Å². The van der Waals surface area contributed by atoms with Crippen LogP contribution in [-0.2, 0) is 11.3 Å². The minimum atomic E-state index is -0.751. The lowest BCUT2D eigenvalue weighted by Gasteiger charge is -2.22. The van der Waals surface area contributed by atoms with E-state index in [2.05, 4.69) is 38.1 Å². The van der Waals surface area contributed by atoms with Crippen molar-refractivity contribution in [2.75, 3.05) is 13.1 Å². The van der Waals surface area contributed by atoms with E-state index >= 15 is 0 Å². The van der Waals surface area contributed by atoms with Gasteiger partial charge in [0.15, 0.2) is 0 Å². The van der Waals surface area contributed by atoms with E-state index in [1.54, 1.807) is 0 Å². The predicted molar refractivity (Wildman–Crippen MR) is 76.2 cm³/mol. The molecule has 1 aliphatic carbocycles. The molecule has 104 valence electrons. The molecule has 0 amide bonds. The summed E-state index contributed by atoms with van der Waals surface area (Å²) in [5, 5.41) is 8.99. The molecule has 1 fully saturated rings. The van der Waals surface area contributed by atoms with E-state index in [1.807, 2.05) is 4.90 Å². The van der Waals surface area contributed by atoms with E-state index in [1.165, 1.54) is 24.0 Å². The van der Waals surface area contributed by atoms with Crippen molar-refractivity contribution in [2.45, 2.75) is 39.2 Å². The quantitative estimate of drug-likeness (QED) is 0.820. The maximum Gasteiger partial charge on any atom is 0.317 e. The van der Waals surface area contributed by atoms with Gasteiger partial charge in [0.25, 0.3) is 0 Å². The minimum absolute atomic E-state index is 0.117. The first-order valence-electron chi connectivity index (χ1n) is 7.07. The van der Waals surface area contributed by atoms with Gasteiger partial charge in [0.05, 0.1) is 6.54 Å². The van der Waals surface area contributed by atoms with E-state index < -0.39 is 5.97 Å². The highest BCUT2D eigenvalue weighted by atomic mass is 16.4. The molecule has 19 heavy (non-hydrogen) atoms. The van der Waals surface area contributed by atoms with Gasteiger partial charge < -0.3 is 5.11 Å². The second-order valence-electron chi connectivity index (χ2n) is 5.98. The molecule has 1 aromatic rings. The number of nitrogens with zero attached hydrogens (tertiary/aromatic N) is 1. The van der Waals surface area contributed by atoms with Gasteiger partial charge in [-0.1, -0.05) is 38.1 Å². The first-order chi connectivity index (χ1) is 9.04. The number of carboxylic acids is 1. The van der Waals surface area contributed by atoms with Crippen LogP contribution in [0.2, 0.25) is 0 Å². The summed E-state index contributed by atoms with van der Waals surface area (Å²) in [4.78, 5) is 12.9. The van der Waals surface area contributed by atoms with Gasteiger partial charge in [-0.15, -0.1) is 0 Å². The Morgan fingerprint density at radius 3 is 2.74 bits per heavy atom. The van der Waals surface area contributed by atoms with E-state index in [0.717, 1.165) is 19.0 Å². The first kappa shape index (κ1) is 14.1. The Hall–Kier alpha value is -1.35. The molecule has 3 nitrogen and oxygen atoms in total. The Labute approximate surface area is 115 Å². The summed E-state index contributed by atoms with van der Waals surface area (Å²) in [5.41, 5.74) is 2.64. The molecule has 2 rings (SSSR count). The number of hydrogen-bond acceptors (Lipinski definition) is 2. The largest absolute Gasteiger partial charge is 0.480 e. The first-order valence-corrected chi connectivity index (χ1v) is 7.07. The zero-order valence-electron chi connectivity index (χ0n) is 11.8. The third-order valence-electron chi connectivity index (χ3n) is 3.39. The minimum Gasteiger partial charge on any atom is -0.480 e. The molecule has 1 saturated carbocycles. The lowest BCUT2D eigenvalue weighted by Crippen LogP contribution is -2.32. The molecule has 0 spiro atoms. The molecule has 0 radical (unpaired) electrons. The van der Waals surface area contributed by atoms with Crippen molar-refractivity contribution in [3.05, 3.63) is 35.4 Å². The summed E-state index contributed by atoms with van der Waals surface area (Å²) in [5.74, 6) is 0.475. The molecule has 3 heteroatoms. The summed E-state index contributed by atoms with van der Waals surface area (Å²) >= 11 is 0. The van der Waals surface area contributed by atoms with Gasteiger partial charge in [-0.05, 0) is 35.8 Å². The van der Waals surface area contributed by atoms with Crippen LogP contribution in [0.5, 0.6) is 0 Å². The molecule has 0 atom stereocenters. The number of carbonyl (C=O) groups is 1. The molecule has 0 unspecified atom stereocenters. The predicted octanol–water partition coefficient (Wildman–Crippen LogP) is 3.11. The van der Waals surface area contributed by atoms with Crippen molar-refractivity contribution >= 4 is 5.97 Å². The van der Waals surface area contributed by atoms with Crippen molar-refractivity contribution in [2.24, 2.45) is 5.92 Å². The van der Waals surface area contributed by atoms with Crippen LogP contribution in [0.25, 0.3) is 0 Å². The number of benzene rings is 1. The van der Waals surface area contributed by atoms with E-state index in [9.17, 15) is 4.79 Å². The zero-order chi connectivity index (χ0) is 13.8. The van der Waals surface area contributed by atoms with Crippen LogP contribution in [0.1, 0.15) is 43.7 Å². The summed E-state index contributed by atoms with van der Waals surface area (Å²) < 4.78 is 0. The van der Waals surface area contributed by atoms with Crippen molar-refractivity contribution in [3.8, 4) is 0 Å². The van der Waals surface area contributed by atoms with Gasteiger partial charge in [0.1, 0.15) is 0 Å². The SMILES string of the molecule is CC(C)CN(CC(=O)O)Cc1cccc(C2CC2)c1. The number of rotatable bonds is 7. The van der Waals surface area contributed by atoms with Gasteiger partial charge in [0, 0.05) is 13.1 Å². The molecule has 0 bridgehead atoms. The van der Waals surface area contributed by atoms with Gasteiger partial charge in [-0.3, -0.25) is 9.69 Å². The van der Waals surface area contributed by atoms with E-state index in [-0.39, 0.29) is 6.54 Å². The Morgan fingerprint density at radius 1 is 1.42 bits per heavy atom. The highest BCUT2D eigenvalue weighted by molar-refractivity contribution is 5.69. The molecule has 1 aromatic carbocycles. The standard InChI is InChI=1S/C16H23NO2/c1-12(2)9-17(11-16(18)19)10-13-4-3-5-15(8-13)14-6-7-14/h3-5,8,12,14H,6-7,9-11H2,1-2H3,(H,18,19). The molecule has 0 saturated heterocycles. The van der Waals surface area contributed by atoms with Crippen molar-refractivity contribution in [1.29, 1.82) is 0 Å². The molecule has 1 aliphatic rings. The lowest BCUT2D eigenvalue weighted by atomic mass is 10.1. The van der Waals surface area contributed by atoms with Gasteiger partial charge >= 0.3 is 5.97 Å². The molecular formula is C16H23NO2. The third-order valence-corrected chi connectivity index (χ3v) is 3.39. The number of aliphatic carboxylic acids is 1. The highest BCUT2D eigenvalue weighted by Gasteiger charge is 2.23. The van der Waals surface area contributed by atoms with Crippen LogP contribution in [-0.4, -0.2) is 29.1 Å². The Morgan fingerprint density at radius 2 is 2.16 bits per heavy atom. The topological polar surface area (TPSA) is 40.5 Å². The number of carboxylic acid groups (broad SMARTS) is 1. The van der Waals surface area contributed by atoms with Gasteiger partial charge in [-0.2, -0.15) is 0 Å². The van der Waals surface area contributed by atoms with E-state index in [0.29, 0.717) is 5.92 Å². The summed E-state index contributed by atoms with van der Waals surface area (Å²) in [6.07, 6.45) is 2.60. The fourth-order valence-electron chi connectivity index (χ4n) is 2.51. The van der Waals surface area contributed by atoms with Crippen LogP contribution in [0, 0.1) is 5.92 Å². The van der Waals surface area contributed by atoms with Gasteiger partial charge in [0.2, 0.25) is 0 Å². The summed E-state index contributed by atoms with van der Waals surface area (Å²) in [6.45, 7) is 5.90. The maximum atomic E-state index is 10.9. The highest BCUT2D eigenvalue weighted by Crippen LogP contribution is 2.40. The maximum absolute atomic E-state index is 10.9. The third kappa shape index (κ3) is 4.67. The normalized spacial score (nSPS) is 15.2. The number of hydrogen-bond donors (Lipinski definition) is 1. The molecule has 0 heterocycles. The summed E-state index contributed by atoms with van der Waals surface area (Å²) in [6, 6.07) is 8.62. The molecule has 0 aromatic heterocycles. The second-order valence-corrected chi connectivity index (χ2v) is 5.98. The molecule has 0 aliphatic heterocycles. The average Bonchev–Trinajstić information content (AvgIpc) is 3.10. The van der Waals surface area contributed by atoms with Crippen LogP contribution in [0.4, 0.5) is 0 Å². The lowest BCUT2D eigenvalue weighted by molar-refractivity contribution is -0.138. The van der Waals surface area contributed by atoms with Crippen LogP contribution >= 0.6 is 0 Å². The van der Waals surface area contributed by atoms with Crippen molar-refractivity contribution in [1.82, 2.24) is 4.90 Å². The Kier molecular flexibility index (Phi) is 4.59. The van der Waals surface area contributed by atoms with Crippen molar-refractivity contribution in [3.63, 3.8) is 0 Å². The van der Waals surface area contributed by atoms with E-state index in [4.69, 9.17) is 5.11 Å². The van der Waals surface area contributed by atoms with Crippen molar-refractivity contribution < 1.29 is 9.90 Å². The second kappa shape index (κ2) is 6.20. The van der Waals surface area contributed by atoms with Crippen LogP contribution in [0.3, 0.4) is 0 Å². The Balaban J connectivity index is 2.02. The summed E-state index contributed by atoms with van der Waals surface area (Å²) in [7, 11) is 0. The zero-order valence-corrected chi connectivity index (χ0v) is 11.8. The Bertz CT molecular complexity index is 438. The van der Waals surface area contributed by atoms with Crippen LogP contribution < -0.4 is 0 Å². The average molecular weight is 261 g/mol. The monoisotopic (exact) mass is 261 g/mol. The molecule has 1 N–H and O–H groups in total. The molecular weight excluding hydrogens is 238 g/mol.